The lowest BCUT2D eigenvalue weighted by Gasteiger charge is -2.18. The van der Waals surface area contributed by atoms with E-state index in [2.05, 4.69) is 15.0 Å². The number of sulfonamides is 1. The molecule has 8 nitrogen and oxygen atoms in total. The Morgan fingerprint density at radius 3 is 2.52 bits per heavy atom. The van der Waals surface area contributed by atoms with E-state index in [1.165, 1.54) is 42.6 Å². The average molecular weight is 447 g/mol. The predicted octanol–water partition coefficient (Wildman–Crippen LogP) is 3.61. The number of aromatic nitrogens is 1. The Bertz CT molecular complexity index is 1170. The number of nitrogens with zero attached hydrogens (tertiary/aromatic N) is 1. The van der Waals surface area contributed by atoms with Gasteiger partial charge in [0.2, 0.25) is 11.0 Å². The lowest BCUT2D eigenvalue weighted by Crippen LogP contribution is -2.40. The molecule has 10 heteroatoms. The largest absolute Gasteiger partial charge is 0.439 e. The highest BCUT2D eigenvalue weighted by Gasteiger charge is 2.26. The summed E-state index contributed by atoms with van der Waals surface area (Å²) >= 11 is 0. The fourth-order valence-corrected chi connectivity index (χ4v) is 3.90. The van der Waals surface area contributed by atoms with Crippen LogP contribution in [0.4, 0.5) is 4.39 Å². The van der Waals surface area contributed by atoms with Gasteiger partial charge in [0, 0.05) is 24.3 Å². The van der Waals surface area contributed by atoms with Crippen molar-refractivity contribution in [3.05, 3.63) is 71.9 Å². The molecular formula is C21H22FN3O5S. The molecule has 31 heavy (non-hydrogen) atoms. The van der Waals surface area contributed by atoms with Crippen molar-refractivity contribution in [3.63, 3.8) is 0 Å². The van der Waals surface area contributed by atoms with Crippen molar-refractivity contribution in [2.75, 3.05) is 0 Å². The third kappa shape index (κ3) is 6.37. The highest BCUT2D eigenvalue weighted by atomic mass is 32.2. The average Bonchev–Trinajstić information content (AvgIpc) is 3.18. The summed E-state index contributed by atoms with van der Waals surface area (Å²) in [5, 5.41) is 2.30. The fraction of sp³-hybridized carbons (Fsp3) is 0.238. The Labute approximate surface area is 179 Å². The van der Waals surface area contributed by atoms with Crippen molar-refractivity contribution in [3.8, 4) is 11.6 Å². The highest BCUT2D eigenvalue weighted by Crippen LogP contribution is 2.20. The van der Waals surface area contributed by atoms with Crippen molar-refractivity contribution in [2.24, 2.45) is 0 Å². The van der Waals surface area contributed by atoms with Gasteiger partial charge in [-0.25, -0.2) is 22.5 Å². The number of benzene rings is 1. The smallest absolute Gasteiger partial charge is 0.287 e. The Balaban J connectivity index is 1.62. The second kappa shape index (κ2) is 8.86. The molecule has 0 saturated heterocycles. The predicted molar refractivity (Wildman–Crippen MR) is 111 cm³/mol. The molecule has 0 unspecified atom stereocenters. The summed E-state index contributed by atoms with van der Waals surface area (Å²) in [4.78, 5) is 16.4. The number of nitrogens with one attached hydrogen (secondary N) is 2. The number of ether oxygens (including phenoxy) is 1. The normalized spacial score (nSPS) is 11.9. The summed E-state index contributed by atoms with van der Waals surface area (Å²) in [6.07, 6.45) is 1.51. The summed E-state index contributed by atoms with van der Waals surface area (Å²) < 4.78 is 50.8. The Kier molecular flexibility index (Phi) is 6.42. The van der Waals surface area contributed by atoms with Gasteiger partial charge in [0.25, 0.3) is 15.9 Å². The molecule has 2 aromatic heterocycles. The van der Waals surface area contributed by atoms with Gasteiger partial charge in [-0.3, -0.25) is 4.79 Å². The molecule has 0 radical (unpaired) electrons. The molecule has 2 heterocycles. The van der Waals surface area contributed by atoms with E-state index in [0.29, 0.717) is 11.3 Å². The number of furan rings is 1. The van der Waals surface area contributed by atoms with Gasteiger partial charge >= 0.3 is 0 Å². The van der Waals surface area contributed by atoms with Crippen LogP contribution in [0.5, 0.6) is 11.6 Å². The van der Waals surface area contributed by atoms with Crippen LogP contribution in [0.2, 0.25) is 0 Å². The van der Waals surface area contributed by atoms with E-state index < -0.39 is 21.5 Å². The molecule has 3 rings (SSSR count). The number of hydrogen-bond acceptors (Lipinski definition) is 6. The van der Waals surface area contributed by atoms with E-state index in [9.17, 15) is 17.6 Å². The molecule has 1 aromatic carbocycles. The van der Waals surface area contributed by atoms with Crippen LogP contribution >= 0.6 is 0 Å². The Morgan fingerprint density at radius 1 is 1.13 bits per heavy atom. The molecule has 0 aliphatic rings. The molecule has 0 saturated carbocycles. The maximum atomic E-state index is 13.0. The SMILES string of the molecule is CC(C)(C)NS(=O)(=O)c1ccc(C(=O)NCc2ccnc(Oc3ccc(F)cc3)c2)o1. The van der Waals surface area contributed by atoms with Crippen molar-refractivity contribution >= 4 is 15.9 Å². The standard InChI is InChI=1S/C21H22FN3O5S/c1-21(2,3)25-31(27,28)19-9-8-17(30-19)20(26)24-13-14-10-11-23-18(12-14)29-16-6-4-15(22)5-7-16/h4-12,25H,13H2,1-3H3,(H,24,26). The Morgan fingerprint density at radius 2 is 1.84 bits per heavy atom. The maximum Gasteiger partial charge on any atom is 0.287 e. The van der Waals surface area contributed by atoms with Gasteiger partial charge in [0.05, 0.1) is 0 Å². The first-order valence-electron chi connectivity index (χ1n) is 9.32. The molecule has 3 aromatic rings. The van der Waals surface area contributed by atoms with E-state index >= 15 is 0 Å². The molecule has 0 aliphatic carbocycles. The van der Waals surface area contributed by atoms with Crippen LogP contribution in [0.25, 0.3) is 0 Å². The molecule has 0 bridgehead atoms. The van der Waals surface area contributed by atoms with Gasteiger partial charge in [0.15, 0.2) is 5.76 Å². The van der Waals surface area contributed by atoms with Gasteiger partial charge in [-0.2, -0.15) is 0 Å². The molecule has 0 atom stereocenters. The highest BCUT2D eigenvalue weighted by molar-refractivity contribution is 7.89. The van der Waals surface area contributed by atoms with Crippen LogP contribution in [-0.4, -0.2) is 24.8 Å². The van der Waals surface area contributed by atoms with Crippen molar-refractivity contribution in [1.82, 2.24) is 15.0 Å². The number of carbonyl (C=O) groups excluding carboxylic acids is 1. The van der Waals surface area contributed by atoms with E-state index in [1.807, 2.05) is 0 Å². The lowest BCUT2D eigenvalue weighted by molar-refractivity contribution is 0.0917. The monoisotopic (exact) mass is 447 g/mol. The van der Waals surface area contributed by atoms with Crippen molar-refractivity contribution in [1.29, 1.82) is 0 Å². The molecule has 2 N–H and O–H groups in total. The van der Waals surface area contributed by atoms with Crippen molar-refractivity contribution in [2.45, 2.75) is 37.9 Å². The number of rotatable bonds is 7. The van der Waals surface area contributed by atoms with E-state index in [0.717, 1.165) is 0 Å². The van der Waals surface area contributed by atoms with Crippen molar-refractivity contribution < 1.29 is 26.8 Å². The van der Waals surface area contributed by atoms with Gasteiger partial charge < -0.3 is 14.5 Å². The van der Waals surface area contributed by atoms with Crippen LogP contribution in [0, 0.1) is 5.82 Å². The van der Waals surface area contributed by atoms with E-state index in [-0.39, 0.29) is 29.1 Å². The summed E-state index contributed by atoms with van der Waals surface area (Å²) in [5.74, 6) is -0.387. The number of hydrogen-bond donors (Lipinski definition) is 2. The first-order chi connectivity index (χ1) is 14.5. The van der Waals surface area contributed by atoms with Crippen LogP contribution < -0.4 is 14.8 Å². The minimum Gasteiger partial charge on any atom is -0.439 e. The first-order valence-corrected chi connectivity index (χ1v) is 10.8. The molecule has 0 aliphatic heterocycles. The molecule has 164 valence electrons. The summed E-state index contributed by atoms with van der Waals surface area (Å²) in [7, 11) is -3.88. The Hall–Kier alpha value is -3.24. The fourth-order valence-electron chi connectivity index (χ4n) is 2.55. The van der Waals surface area contributed by atoms with Gasteiger partial charge in [0.1, 0.15) is 11.6 Å². The lowest BCUT2D eigenvalue weighted by atomic mass is 10.1. The van der Waals surface area contributed by atoms with Crippen LogP contribution in [0.3, 0.4) is 0 Å². The summed E-state index contributed by atoms with van der Waals surface area (Å²) in [6, 6.07) is 11.3. The minimum atomic E-state index is -3.88. The number of carbonyl (C=O) groups is 1. The molecule has 0 fully saturated rings. The second-order valence-electron chi connectivity index (χ2n) is 7.72. The second-order valence-corrected chi connectivity index (χ2v) is 9.33. The third-order valence-electron chi connectivity index (χ3n) is 3.80. The molecule has 1 amide bonds. The van der Waals surface area contributed by atoms with Crippen LogP contribution in [-0.2, 0) is 16.6 Å². The topological polar surface area (TPSA) is 111 Å². The van der Waals surface area contributed by atoms with E-state index in [1.54, 1.807) is 32.9 Å². The first kappa shape index (κ1) is 22.4. The van der Waals surface area contributed by atoms with Gasteiger partial charge in [-0.15, -0.1) is 0 Å². The quantitative estimate of drug-likeness (QED) is 0.572. The molecule has 0 spiro atoms. The number of amides is 1. The number of halogens is 1. The maximum absolute atomic E-state index is 13.0. The third-order valence-corrected chi connectivity index (χ3v) is 5.43. The zero-order valence-electron chi connectivity index (χ0n) is 17.2. The zero-order valence-corrected chi connectivity index (χ0v) is 18.0. The van der Waals surface area contributed by atoms with Gasteiger partial charge in [-0.05, 0) is 68.8 Å². The van der Waals surface area contributed by atoms with Gasteiger partial charge in [-0.1, -0.05) is 0 Å². The summed E-state index contributed by atoms with van der Waals surface area (Å²) in [5.41, 5.74) is -0.00226. The zero-order chi connectivity index (χ0) is 22.6. The van der Waals surface area contributed by atoms with Crippen LogP contribution in [0.1, 0.15) is 36.9 Å². The van der Waals surface area contributed by atoms with Crippen LogP contribution in [0.15, 0.2) is 64.2 Å². The minimum absolute atomic E-state index is 0.129. The molecular weight excluding hydrogens is 425 g/mol. The van der Waals surface area contributed by atoms with E-state index in [4.69, 9.17) is 9.15 Å². The number of pyridine rings is 1. The summed E-state index contributed by atoms with van der Waals surface area (Å²) in [6.45, 7) is 5.22.